The molecule has 0 amide bonds. The van der Waals surface area contributed by atoms with Gasteiger partial charge in [0.2, 0.25) is 6.29 Å². The van der Waals surface area contributed by atoms with Crippen LogP contribution >= 0.6 is 0 Å². The number of rotatable bonds is 9. The first-order valence-corrected chi connectivity index (χ1v) is 5.63. The van der Waals surface area contributed by atoms with Crippen LogP contribution in [0.15, 0.2) is 0 Å². The second-order valence-corrected chi connectivity index (χ2v) is 3.61. The molecular formula is C11H22O4. The molecule has 0 aliphatic rings. The van der Waals surface area contributed by atoms with Gasteiger partial charge < -0.3 is 14.6 Å². The Morgan fingerprint density at radius 3 is 2.33 bits per heavy atom. The van der Waals surface area contributed by atoms with Crippen molar-refractivity contribution < 1.29 is 19.4 Å². The quantitative estimate of drug-likeness (QED) is 0.366. The molecule has 0 aromatic rings. The Kier molecular flexibility index (Phi) is 9.27. The van der Waals surface area contributed by atoms with E-state index in [2.05, 4.69) is 11.7 Å². The summed E-state index contributed by atoms with van der Waals surface area (Å²) in [7, 11) is 1.46. The summed E-state index contributed by atoms with van der Waals surface area (Å²) in [6.45, 7) is 2.18. The first kappa shape index (κ1) is 14.2. The van der Waals surface area contributed by atoms with Crippen molar-refractivity contribution in [1.29, 1.82) is 0 Å². The fourth-order valence-corrected chi connectivity index (χ4v) is 1.43. The van der Waals surface area contributed by atoms with E-state index < -0.39 is 12.4 Å². The third-order valence-electron chi connectivity index (χ3n) is 2.29. The topological polar surface area (TPSA) is 55.8 Å². The number of hydrogen-bond donors (Lipinski definition) is 1. The van der Waals surface area contributed by atoms with Gasteiger partial charge in [0, 0.05) is 13.5 Å². The molecule has 1 atom stereocenters. The van der Waals surface area contributed by atoms with Crippen molar-refractivity contribution in [2.45, 2.75) is 58.2 Å². The predicted molar refractivity (Wildman–Crippen MR) is 57.9 cm³/mol. The third kappa shape index (κ3) is 9.53. The van der Waals surface area contributed by atoms with E-state index in [9.17, 15) is 4.79 Å². The predicted octanol–water partition coefficient (Wildman–Crippen LogP) is 3.40. The molecule has 0 fully saturated rings. The van der Waals surface area contributed by atoms with Gasteiger partial charge in [0.1, 0.15) is 0 Å². The third-order valence-corrected chi connectivity index (χ3v) is 2.29. The molecule has 0 saturated carbocycles. The van der Waals surface area contributed by atoms with E-state index in [1.54, 1.807) is 0 Å². The maximum atomic E-state index is 10.2. The molecule has 0 rings (SSSR count). The van der Waals surface area contributed by atoms with Gasteiger partial charge in [-0.15, -0.1) is 0 Å². The molecule has 0 aliphatic carbocycles. The van der Waals surface area contributed by atoms with Crippen LogP contribution in [0.1, 0.15) is 51.9 Å². The summed E-state index contributed by atoms with van der Waals surface area (Å²) in [5.41, 5.74) is 0. The number of carboxylic acid groups (broad SMARTS) is 1. The normalized spacial score (nSPS) is 12.4. The smallest absolute Gasteiger partial charge is 0.450 e. The molecule has 1 N–H and O–H groups in total. The van der Waals surface area contributed by atoms with E-state index in [0.29, 0.717) is 6.42 Å². The van der Waals surface area contributed by atoms with Crippen LogP contribution in [0, 0.1) is 0 Å². The van der Waals surface area contributed by atoms with Crippen molar-refractivity contribution in [1.82, 2.24) is 0 Å². The minimum atomic E-state index is -1.27. The summed E-state index contributed by atoms with van der Waals surface area (Å²) >= 11 is 0. The van der Waals surface area contributed by atoms with Crippen molar-refractivity contribution in [3.05, 3.63) is 0 Å². The number of hydrogen-bond acceptors (Lipinski definition) is 3. The SMILES string of the molecule is CCCCCCCCC(OC)OC(=O)O. The highest BCUT2D eigenvalue weighted by Gasteiger charge is 2.11. The number of methoxy groups -OCH3 is 1. The first-order chi connectivity index (χ1) is 7.20. The number of ether oxygens (including phenoxy) is 2. The second-order valence-electron chi connectivity index (χ2n) is 3.61. The lowest BCUT2D eigenvalue weighted by Crippen LogP contribution is -2.18. The van der Waals surface area contributed by atoms with Crippen LogP contribution in [0.5, 0.6) is 0 Å². The fraction of sp³-hybridized carbons (Fsp3) is 0.909. The lowest BCUT2D eigenvalue weighted by Gasteiger charge is -2.13. The highest BCUT2D eigenvalue weighted by molar-refractivity contribution is 5.56. The van der Waals surface area contributed by atoms with Crippen molar-refractivity contribution in [2.75, 3.05) is 7.11 Å². The summed E-state index contributed by atoms with van der Waals surface area (Å²) in [6, 6.07) is 0. The van der Waals surface area contributed by atoms with Gasteiger partial charge in [-0.3, -0.25) is 0 Å². The van der Waals surface area contributed by atoms with Crippen LogP contribution in [0.25, 0.3) is 0 Å². The average molecular weight is 218 g/mol. The molecule has 4 heteroatoms. The van der Waals surface area contributed by atoms with Crippen molar-refractivity contribution in [3.8, 4) is 0 Å². The van der Waals surface area contributed by atoms with Crippen LogP contribution in [0.3, 0.4) is 0 Å². The van der Waals surface area contributed by atoms with Gasteiger partial charge in [-0.05, 0) is 6.42 Å². The van der Waals surface area contributed by atoms with Crippen molar-refractivity contribution in [2.24, 2.45) is 0 Å². The molecule has 0 aromatic carbocycles. The molecule has 4 nitrogen and oxygen atoms in total. The lowest BCUT2D eigenvalue weighted by molar-refractivity contribution is -0.101. The Balaban J connectivity index is 3.34. The standard InChI is InChI=1S/C11H22O4/c1-3-4-5-6-7-8-9-10(14-2)15-11(12)13/h10H,3-9H2,1-2H3,(H,12,13). The van der Waals surface area contributed by atoms with Gasteiger partial charge in [-0.2, -0.15) is 0 Å². The summed E-state index contributed by atoms with van der Waals surface area (Å²) in [5, 5.41) is 8.39. The molecular weight excluding hydrogens is 196 g/mol. The largest absolute Gasteiger partial charge is 0.508 e. The Hall–Kier alpha value is -0.770. The number of unbranched alkanes of at least 4 members (excludes halogenated alkanes) is 5. The zero-order valence-electron chi connectivity index (χ0n) is 9.70. The zero-order valence-corrected chi connectivity index (χ0v) is 9.70. The second kappa shape index (κ2) is 9.77. The molecule has 0 saturated heterocycles. The van der Waals surface area contributed by atoms with Crippen LogP contribution in [-0.4, -0.2) is 24.7 Å². The molecule has 0 aliphatic heterocycles. The van der Waals surface area contributed by atoms with Gasteiger partial charge in [-0.25, -0.2) is 4.79 Å². The van der Waals surface area contributed by atoms with Gasteiger partial charge in [-0.1, -0.05) is 39.0 Å². The van der Waals surface area contributed by atoms with Crippen LogP contribution in [-0.2, 0) is 9.47 Å². The molecule has 0 spiro atoms. The summed E-state index contributed by atoms with van der Waals surface area (Å²) < 4.78 is 9.41. The Morgan fingerprint density at radius 2 is 1.80 bits per heavy atom. The average Bonchev–Trinajstić information content (AvgIpc) is 2.20. The van der Waals surface area contributed by atoms with E-state index in [1.165, 1.54) is 32.8 Å². The first-order valence-electron chi connectivity index (χ1n) is 5.63. The molecule has 90 valence electrons. The van der Waals surface area contributed by atoms with Crippen LogP contribution in [0.2, 0.25) is 0 Å². The molecule has 0 radical (unpaired) electrons. The highest BCUT2D eigenvalue weighted by atomic mass is 16.7. The minimum Gasteiger partial charge on any atom is -0.450 e. The Bertz CT molecular complexity index is 159. The summed E-state index contributed by atoms with van der Waals surface area (Å²) in [5.74, 6) is 0. The van der Waals surface area contributed by atoms with E-state index in [1.807, 2.05) is 0 Å². The van der Waals surface area contributed by atoms with Gasteiger partial charge in [0.25, 0.3) is 0 Å². The molecule has 0 heterocycles. The summed E-state index contributed by atoms with van der Waals surface area (Å²) in [4.78, 5) is 10.2. The molecule has 15 heavy (non-hydrogen) atoms. The van der Waals surface area contributed by atoms with Crippen molar-refractivity contribution >= 4 is 6.16 Å². The molecule has 1 unspecified atom stereocenters. The highest BCUT2D eigenvalue weighted by Crippen LogP contribution is 2.10. The minimum absolute atomic E-state index is 0.603. The van der Waals surface area contributed by atoms with Crippen LogP contribution in [0.4, 0.5) is 4.79 Å². The van der Waals surface area contributed by atoms with Crippen LogP contribution < -0.4 is 0 Å². The van der Waals surface area contributed by atoms with Gasteiger partial charge in [0.15, 0.2) is 0 Å². The number of carbonyl (C=O) groups is 1. The van der Waals surface area contributed by atoms with Gasteiger partial charge in [0.05, 0.1) is 0 Å². The van der Waals surface area contributed by atoms with Crippen molar-refractivity contribution in [3.63, 3.8) is 0 Å². The maximum Gasteiger partial charge on any atom is 0.508 e. The van der Waals surface area contributed by atoms with E-state index in [4.69, 9.17) is 9.84 Å². The van der Waals surface area contributed by atoms with E-state index in [-0.39, 0.29) is 0 Å². The van der Waals surface area contributed by atoms with Gasteiger partial charge >= 0.3 is 6.16 Å². The maximum absolute atomic E-state index is 10.2. The van der Waals surface area contributed by atoms with E-state index >= 15 is 0 Å². The molecule has 0 bridgehead atoms. The fourth-order valence-electron chi connectivity index (χ4n) is 1.43. The lowest BCUT2D eigenvalue weighted by atomic mass is 10.1. The summed E-state index contributed by atoms with van der Waals surface area (Å²) in [6.07, 6.45) is 5.82. The van der Waals surface area contributed by atoms with E-state index in [0.717, 1.165) is 12.8 Å². The Labute approximate surface area is 91.6 Å². The Morgan fingerprint density at radius 1 is 1.20 bits per heavy atom. The monoisotopic (exact) mass is 218 g/mol. The zero-order chi connectivity index (χ0) is 11.5. The molecule has 0 aromatic heterocycles.